The molecule has 0 atom stereocenters. The maximum absolute atomic E-state index is 8.67. The molecule has 0 spiro atoms. The minimum atomic E-state index is 0.393. The van der Waals surface area contributed by atoms with E-state index in [0.29, 0.717) is 16.1 Å². The first-order valence-corrected chi connectivity index (χ1v) is 4.43. The number of rotatable bonds is 0. The highest BCUT2D eigenvalue weighted by molar-refractivity contribution is 9.10. The second-order valence-corrected chi connectivity index (χ2v) is 3.41. The summed E-state index contributed by atoms with van der Waals surface area (Å²) in [5, 5.41) is 8.67. The maximum Gasteiger partial charge on any atom is 0.180 e. The van der Waals surface area contributed by atoms with Crippen LogP contribution in [0, 0.1) is 18.3 Å². The van der Waals surface area contributed by atoms with Crippen LogP contribution in [-0.4, -0.2) is 15.0 Å². The van der Waals surface area contributed by atoms with Gasteiger partial charge in [0.25, 0.3) is 0 Å². The molecule has 0 unspecified atom stereocenters. The number of hydrogen-bond acceptors (Lipinski definition) is 3. The smallest absolute Gasteiger partial charge is 0.180 e. The molecular weight excluding hydrogens is 232 g/mol. The van der Waals surface area contributed by atoms with Gasteiger partial charge in [0.1, 0.15) is 11.8 Å². The van der Waals surface area contributed by atoms with E-state index in [0.717, 1.165) is 11.1 Å². The van der Waals surface area contributed by atoms with Crippen LogP contribution in [0.1, 0.15) is 11.3 Å². The Morgan fingerprint density at radius 2 is 2.31 bits per heavy atom. The van der Waals surface area contributed by atoms with Gasteiger partial charge in [-0.1, -0.05) is 0 Å². The molecule has 5 heteroatoms. The number of aromatic amines is 1. The molecule has 0 saturated carbocycles. The van der Waals surface area contributed by atoms with Crippen molar-refractivity contribution in [2.24, 2.45) is 0 Å². The number of hydrogen-bond donors (Lipinski definition) is 1. The first kappa shape index (κ1) is 8.20. The van der Waals surface area contributed by atoms with Gasteiger partial charge < -0.3 is 4.98 Å². The zero-order chi connectivity index (χ0) is 9.42. The predicted molar refractivity (Wildman–Crippen MR) is 51.0 cm³/mol. The zero-order valence-electron chi connectivity index (χ0n) is 6.80. The number of nitrogens with one attached hydrogen (secondary N) is 1. The van der Waals surface area contributed by atoms with Gasteiger partial charge in [0.15, 0.2) is 10.4 Å². The van der Waals surface area contributed by atoms with Crippen molar-refractivity contribution in [1.29, 1.82) is 5.26 Å². The number of halogens is 1. The van der Waals surface area contributed by atoms with E-state index in [1.165, 1.54) is 0 Å². The van der Waals surface area contributed by atoms with Gasteiger partial charge in [-0.3, -0.25) is 0 Å². The number of pyridine rings is 1. The van der Waals surface area contributed by atoms with Crippen LogP contribution < -0.4 is 0 Å². The van der Waals surface area contributed by atoms with Crippen molar-refractivity contribution < 1.29 is 0 Å². The number of aromatic nitrogens is 3. The average Bonchev–Trinajstić information content (AvgIpc) is 2.46. The van der Waals surface area contributed by atoms with Crippen molar-refractivity contribution in [1.82, 2.24) is 15.0 Å². The van der Waals surface area contributed by atoms with Gasteiger partial charge in [-0.25, -0.2) is 9.97 Å². The summed E-state index contributed by atoms with van der Waals surface area (Å²) in [5.41, 5.74) is 2.80. The molecule has 0 amide bonds. The number of imidazole rings is 1. The minimum absolute atomic E-state index is 0.393. The Bertz CT molecular complexity index is 509. The van der Waals surface area contributed by atoms with Crippen molar-refractivity contribution >= 4 is 27.1 Å². The number of aryl methyl sites for hydroxylation is 1. The third kappa shape index (κ3) is 1.29. The van der Waals surface area contributed by atoms with Gasteiger partial charge in [0.2, 0.25) is 0 Å². The summed E-state index contributed by atoms with van der Waals surface area (Å²) >= 11 is 3.22. The Kier molecular flexibility index (Phi) is 1.78. The molecule has 1 N–H and O–H groups in total. The summed E-state index contributed by atoms with van der Waals surface area (Å²) in [5.74, 6) is 0. The van der Waals surface area contributed by atoms with E-state index < -0.39 is 0 Å². The summed E-state index contributed by atoms with van der Waals surface area (Å²) < 4.78 is 0.633. The molecular formula is C8H5BrN4. The van der Waals surface area contributed by atoms with Crippen molar-refractivity contribution in [2.75, 3.05) is 0 Å². The fraction of sp³-hybridized carbons (Fsp3) is 0.125. The highest BCUT2D eigenvalue weighted by atomic mass is 79.9. The molecule has 64 valence electrons. The number of nitrogens with zero attached hydrogens (tertiary/aromatic N) is 3. The van der Waals surface area contributed by atoms with E-state index in [9.17, 15) is 0 Å². The van der Waals surface area contributed by atoms with Gasteiger partial charge in [-0.2, -0.15) is 5.26 Å². The van der Waals surface area contributed by atoms with Gasteiger partial charge in [-0.15, -0.1) is 0 Å². The summed E-state index contributed by atoms with van der Waals surface area (Å²) in [6.45, 7) is 1.91. The molecule has 0 fully saturated rings. The van der Waals surface area contributed by atoms with Crippen LogP contribution in [0.4, 0.5) is 0 Å². The molecule has 0 saturated heterocycles. The van der Waals surface area contributed by atoms with Gasteiger partial charge >= 0.3 is 0 Å². The monoisotopic (exact) mass is 236 g/mol. The van der Waals surface area contributed by atoms with E-state index in [4.69, 9.17) is 5.26 Å². The normalized spacial score (nSPS) is 10.2. The summed E-state index contributed by atoms with van der Waals surface area (Å²) in [6.07, 6.45) is 0. The third-order valence-electron chi connectivity index (χ3n) is 1.74. The molecule has 13 heavy (non-hydrogen) atoms. The average molecular weight is 237 g/mol. The summed E-state index contributed by atoms with van der Waals surface area (Å²) in [4.78, 5) is 11.1. The van der Waals surface area contributed by atoms with Gasteiger partial charge in [0, 0.05) is 0 Å². The lowest BCUT2D eigenvalue weighted by Crippen LogP contribution is -1.86. The second kappa shape index (κ2) is 2.82. The summed E-state index contributed by atoms with van der Waals surface area (Å²) in [7, 11) is 0. The van der Waals surface area contributed by atoms with Gasteiger partial charge in [-0.05, 0) is 34.5 Å². The second-order valence-electron chi connectivity index (χ2n) is 2.66. The van der Waals surface area contributed by atoms with Gasteiger partial charge in [0.05, 0.1) is 5.52 Å². The molecule has 4 nitrogen and oxygen atoms in total. The topological polar surface area (TPSA) is 65.4 Å². The fourth-order valence-corrected chi connectivity index (χ4v) is 1.54. The standard InChI is InChI=1S/C8H5BrN4/c1-4-2-5(3-10)11-7-6(4)12-8(9)13-7/h2H,1H3,(H,11,12,13). The molecule has 0 aliphatic rings. The van der Waals surface area contributed by atoms with Crippen LogP contribution in [-0.2, 0) is 0 Å². The number of fused-ring (bicyclic) bond motifs is 1. The zero-order valence-corrected chi connectivity index (χ0v) is 8.38. The molecule has 2 rings (SSSR count). The number of nitriles is 1. The molecule has 0 aromatic carbocycles. The highest BCUT2D eigenvalue weighted by Crippen LogP contribution is 2.17. The Balaban J connectivity index is 2.85. The van der Waals surface area contributed by atoms with E-state index in [1.807, 2.05) is 13.0 Å². The molecule has 2 heterocycles. The number of H-pyrrole nitrogens is 1. The first-order chi connectivity index (χ1) is 6.20. The van der Waals surface area contributed by atoms with E-state index in [-0.39, 0.29) is 0 Å². The van der Waals surface area contributed by atoms with Crippen molar-refractivity contribution in [3.05, 3.63) is 22.1 Å². The minimum Gasteiger partial charge on any atom is -0.331 e. The molecule has 2 aromatic heterocycles. The van der Waals surface area contributed by atoms with Crippen molar-refractivity contribution in [2.45, 2.75) is 6.92 Å². The van der Waals surface area contributed by atoms with Crippen LogP contribution in [0.15, 0.2) is 10.8 Å². The van der Waals surface area contributed by atoms with Crippen molar-refractivity contribution in [3.8, 4) is 6.07 Å². The lowest BCUT2D eigenvalue weighted by Gasteiger charge is -1.93. The molecule has 0 aliphatic heterocycles. The molecule has 0 aliphatic carbocycles. The highest BCUT2D eigenvalue weighted by Gasteiger charge is 2.06. The van der Waals surface area contributed by atoms with E-state index in [1.54, 1.807) is 6.07 Å². The Morgan fingerprint density at radius 1 is 1.54 bits per heavy atom. The van der Waals surface area contributed by atoms with Crippen LogP contribution in [0.5, 0.6) is 0 Å². The third-order valence-corrected chi connectivity index (χ3v) is 2.12. The SMILES string of the molecule is Cc1cc(C#N)nc2nc(Br)[nH]c12. The Morgan fingerprint density at radius 3 is 3.00 bits per heavy atom. The molecule has 0 radical (unpaired) electrons. The maximum atomic E-state index is 8.67. The largest absolute Gasteiger partial charge is 0.331 e. The quantitative estimate of drug-likeness (QED) is 0.760. The molecule has 0 bridgehead atoms. The Labute approximate surface area is 82.8 Å². The lowest BCUT2D eigenvalue weighted by atomic mass is 10.2. The van der Waals surface area contributed by atoms with Crippen LogP contribution in [0.25, 0.3) is 11.2 Å². The summed E-state index contributed by atoms with van der Waals surface area (Å²) in [6, 6.07) is 3.72. The lowest BCUT2D eigenvalue weighted by molar-refractivity contribution is 1.23. The van der Waals surface area contributed by atoms with Crippen molar-refractivity contribution in [3.63, 3.8) is 0 Å². The first-order valence-electron chi connectivity index (χ1n) is 3.63. The van der Waals surface area contributed by atoms with E-state index in [2.05, 4.69) is 30.9 Å². The predicted octanol–water partition coefficient (Wildman–Crippen LogP) is 1.90. The molecule has 2 aromatic rings. The van der Waals surface area contributed by atoms with Crippen LogP contribution in [0.3, 0.4) is 0 Å². The van der Waals surface area contributed by atoms with Crippen LogP contribution >= 0.6 is 15.9 Å². The van der Waals surface area contributed by atoms with E-state index >= 15 is 0 Å². The van der Waals surface area contributed by atoms with Crippen LogP contribution in [0.2, 0.25) is 0 Å². The fourth-order valence-electron chi connectivity index (χ4n) is 1.17. The Hall–Kier alpha value is -1.41.